The van der Waals surface area contributed by atoms with E-state index in [9.17, 15) is 14.0 Å². The number of hydrogen-bond donors (Lipinski definition) is 2. The third kappa shape index (κ3) is 3.13. The minimum absolute atomic E-state index is 0.297. The normalized spacial score (nSPS) is 12.4. The number of amides is 1. The maximum absolute atomic E-state index is 13.0. The number of fused-ring (bicyclic) bond motifs is 1. The van der Waals surface area contributed by atoms with E-state index in [1.165, 1.54) is 23.5 Å². The molecule has 0 bridgehead atoms. The minimum atomic E-state index is -0.493. The molecule has 3 aromatic rings. The largest absolute Gasteiger partial charge is 0.369 e. The molecule has 0 fully saturated rings. The Morgan fingerprint density at radius 3 is 2.74 bits per heavy atom. The number of aromatic amines is 1. The van der Waals surface area contributed by atoms with Gasteiger partial charge in [-0.15, -0.1) is 11.3 Å². The van der Waals surface area contributed by atoms with Crippen molar-refractivity contribution in [3.8, 4) is 11.1 Å². The van der Waals surface area contributed by atoms with Gasteiger partial charge in [0, 0.05) is 10.9 Å². The summed E-state index contributed by atoms with van der Waals surface area (Å²) in [5.74, 6) is -0.810. The van der Waals surface area contributed by atoms with E-state index in [0.29, 0.717) is 20.9 Å². The molecule has 0 aliphatic carbocycles. The number of thioether (sulfide) groups is 1. The van der Waals surface area contributed by atoms with E-state index in [0.717, 1.165) is 17.3 Å². The van der Waals surface area contributed by atoms with E-state index in [4.69, 9.17) is 5.73 Å². The number of hydrogen-bond acceptors (Lipinski definition) is 5. The number of benzene rings is 1. The number of primary amides is 1. The zero-order chi connectivity index (χ0) is 16.6. The average molecular weight is 349 g/mol. The number of aromatic nitrogens is 2. The molecule has 3 rings (SSSR count). The quantitative estimate of drug-likeness (QED) is 0.560. The van der Waals surface area contributed by atoms with E-state index < -0.39 is 11.2 Å². The summed E-state index contributed by atoms with van der Waals surface area (Å²) in [4.78, 5) is 31.1. The highest BCUT2D eigenvalue weighted by atomic mass is 32.2. The van der Waals surface area contributed by atoms with E-state index in [2.05, 4.69) is 9.97 Å². The molecule has 0 radical (unpaired) electrons. The van der Waals surface area contributed by atoms with Gasteiger partial charge in [0.15, 0.2) is 5.16 Å². The van der Waals surface area contributed by atoms with Crippen LogP contribution in [0.3, 0.4) is 0 Å². The summed E-state index contributed by atoms with van der Waals surface area (Å²) in [6.45, 7) is 1.65. The molecule has 23 heavy (non-hydrogen) atoms. The lowest BCUT2D eigenvalue weighted by atomic mass is 10.1. The van der Waals surface area contributed by atoms with Crippen molar-refractivity contribution in [1.29, 1.82) is 0 Å². The van der Waals surface area contributed by atoms with Crippen LogP contribution in [0.4, 0.5) is 4.39 Å². The first kappa shape index (κ1) is 15.7. The number of carbonyl (C=O) groups is 1. The summed E-state index contributed by atoms with van der Waals surface area (Å²) < 4.78 is 13.0. The molecule has 0 saturated heterocycles. The SMILES string of the molecule is C[C@@H](Sc1nc2scc(-c3ccc(F)cc3)c2c(=O)[nH]1)C(N)=O. The summed E-state index contributed by atoms with van der Waals surface area (Å²) in [7, 11) is 0. The van der Waals surface area contributed by atoms with Crippen molar-refractivity contribution in [3.63, 3.8) is 0 Å². The molecule has 1 aromatic carbocycles. The van der Waals surface area contributed by atoms with Crippen molar-refractivity contribution in [3.05, 3.63) is 45.8 Å². The molecule has 3 N–H and O–H groups in total. The first-order valence-corrected chi connectivity index (χ1v) is 8.45. The molecular weight excluding hydrogens is 337 g/mol. The molecule has 8 heteroatoms. The number of thiophene rings is 1. The Balaban J connectivity index is 2.06. The molecule has 0 aliphatic rings. The molecule has 118 valence electrons. The van der Waals surface area contributed by atoms with Crippen LogP contribution in [0.5, 0.6) is 0 Å². The highest BCUT2D eigenvalue weighted by Crippen LogP contribution is 2.32. The Morgan fingerprint density at radius 2 is 2.09 bits per heavy atom. The van der Waals surface area contributed by atoms with Crippen LogP contribution in [0.1, 0.15) is 6.92 Å². The number of rotatable bonds is 4. The lowest BCUT2D eigenvalue weighted by Crippen LogP contribution is -2.23. The third-order valence-corrected chi connectivity index (χ3v) is 5.14. The molecule has 0 aliphatic heterocycles. The van der Waals surface area contributed by atoms with E-state index in [1.807, 2.05) is 5.38 Å². The van der Waals surface area contributed by atoms with Crippen LogP contribution < -0.4 is 11.3 Å². The smallest absolute Gasteiger partial charge is 0.260 e. The van der Waals surface area contributed by atoms with Gasteiger partial charge in [0.25, 0.3) is 5.56 Å². The second kappa shape index (κ2) is 6.13. The van der Waals surface area contributed by atoms with E-state index in [1.54, 1.807) is 19.1 Å². The average Bonchev–Trinajstić information content (AvgIpc) is 2.92. The molecule has 0 spiro atoms. The number of nitrogens with one attached hydrogen (secondary N) is 1. The highest BCUT2D eigenvalue weighted by molar-refractivity contribution is 8.00. The predicted octanol–water partition coefficient (Wildman–Crippen LogP) is 2.76. The second-order valence-electron chi connectivity index (χ2n) is 4.87. The Bertz CT molecular complexity index is 934. The molecule has 0 saturated carbocycles. The van der Waals surface area contributed by atoms with Crippen molar-refractivity contribution >= 4 is 39.2 Å². The fourth-order valence-corrected chi connectivity index (χ4v) is 3.80. The van der Waals surface area contributed by atoms with Crippen molar-refractivity contribution in [1.82, 2.24) is 9.97 Å². The Morgan fingerprint density at radius 1 is 1.39 bits per heavy atom. The van der Waals surface area contributed by atoms with Gasteiger partial charge < -0.3 is 10.7 Å². The van der Waals surface area contributed by atoms with Crippen LogP contribution in [0.2, 0.25) is 0 Å². The molecular formula is C15H12FN3O2S2. The number of H-pyrrole nitrogens is 1. The van der Waals surface area contributed by atoms with E-state index in [-0.39, 0.29) is 11.4 Å². The predicted molar refractivity (Wildman–Crippen MR) is 90.1 cm³/mol. The first-order chi connectivity index (χ1) is 11.0. The van der Waals surface area contributed by atoms with Gasteiger partial charge in [-0.3, -0.25) is 9.59 Å². The number of nitrogens with two attached hydrogens (primary N) is 1. The summed E-state index contributed by atoms with van der Waals surface area (Å²) in [5.41, 5.74) is 6.38. The third-order valence-electron chi connectivity index (χ3n) is 3.27. The van der Waals surface area contributed by atoms with Crippen LogP contribution in [0.15, 0.2) is 39.6 Å². The fourth-order valence-electron chi connectivity index (χ4n) is 2.05. The van der Waals surface area contributed by atoms with Gasteiger partial charge in [0.1, 0.15) is 10.6 Å². The van der Waals surface area contributed by atoms with Crippen molar-refractivity contribution < 1.29 is 9.18 Å². The maximum Gasteiger partial charge on any atom is 0.260 e. The molecule has 1 amide bonds. The molecule has 1 atom stereocenters. The van der Waals surface area contributed by atoms with Crippen LogP contribution >= 0.6 is 23.1 Å². The minimum Gasteiger partial charge on any atom is -0.369 e. The summed E-state index contributed by atoms with van der Waals surface area (Å²) in [5, 5.41) is 2.12. The lowest BCUT2D eigenvalue weighted by molar-refractivity contribution is -0.117. The number of halogens is 1. The molecule has 2 heterocycles. The maximum atomic E-state index is 13.0. The van der Waals surface area contributed by atoms with Gasteiger partial charge in [-0.25, -0.2) is 9.37 Å². The van der Waals surface area contributed by atoms with Gasteiger partial charge in [0.05, 0.1) is 10.6 Å². The van der Waals surface area contributed by atoms with Gasteiger partial charge in [0.2, 0.25) is 5.91 Å². The second-order valence-corrected chi connectivity index (χ2v) is 7.06. The summed E-state index contributed by atoms with van der Waals surface area (Å²) >= 11 is 2.43. The van der Waals surface area contributed by atoms with E-state index >= 15 is 0 Å². The Kier molecular flexibility index (Phi) is 4.18. The number of carbonyl (C=O) groups excluding carboxylic acids is 1. The van der Waals surface area contributed by atoms with Gasteiger partial charge in [-0.1, -0.05) is 23.9 Å². The summed E-state index contributed by atoms with van der Waals surface area (Å²) in [6, 6.07) is 5.93. The molecule has 0 unspecified atom stereocenters. The van der Waals surface area contributed by atoms with Crippen LogP contribution in [-0.2, 0) is 4.79 Å². The standard InChI is InChI=1S/C15H12FN3O2S2/c1-7(12(17)20)23-15-18-13(21)11-10(6-22-14(11)19-15)8-2-4-9(16)5-3-8/h2-7H,1H3,(H2,17,20)(H,18,19,21)/t7-/m1/s1. The van der Waals surface area contributed by atoms with Crippen LogP contribution in [-0.4, -0.2) is 21.1 Å². The van der Waals surface area contributed by atoms with Crippen molar-refractivity contribution in [2.24, 2.45) is 5.73 Å². The highest BCUT2D eigenvalue weighted by Gasteiger charge is 2.16. The monoisotopic (exact) mass is 349 g/mol. The fraction of sp³-hybridized carbons (Fsp3) is 0.133. The number of nitrogens with zero attached hydrogens (tertiary/aromatic N) is 1. The Labute approximate surface area is 138 Å². The molecule has 2 aromatic heterocycles. The van der Waals surface area contributed by atoms with Gasteiger partial charge >= 0.3 is 0 Å². The lowest BCUT2D eigenvalue weighted by Gasteiger charge is -2.06. The topological polar surface area (TPSA) is 88.8 Å². The van der Waals surface area contributed by atoms with Crippen LogP contribution in [0.25, 0.3) is 21.3 Å². The first-order valence-electron chi connectivity index (χ1n) is 6.69. The van der Waals surface area contributed by atoms with Gasteiger partial charge in [-0.2, -0.15) is 0 Å². The van der Waals surface area contributed by atoms with Crippen LogP contribution in [0, 0.1) is 5.82 Å². The zero-order valence-electron chi connectivity index (χ0n) is 12.0. The van der Waals surface area contributed by atoms with Crippen molar-refractivity contribution in [2.45, 2.75) is 17.3 Å². The van der Waals surface area contributed by atoms with Crippen molar-refractivity contribution in [2.75, 3.05) is 0 Å². The molecule has 5 nitrogen and oxygen atoms in total. The van der Waals surface area contributed by atoms with Gasteiger partial charge in [-0.05, 0) is 24.6 Å². The zero-order valence-corrected chi connectivity index (χ0v) is 13.6. The Hall–Kier alpha value is -2.19. The summed E-state index contributed by atoms with van der Waals surface area (Å²) in [6.07, 6.45) is 0.